The van der Waals surface area contributed by atoms with Crippen molar-refractivity contribution < 1.29 is 34.1 Å². The van der Waals surface area contributed by atoms with Crippen molar-refractivity contribution in [1.82, 2.24) is 9.80 Å². The fourth-order valence-corrected chi connectivity index (χ4v) is 5.48. The minimum Gasteiger partial charge on any atom is -0.465 e. The second-order valence-electron chi connectivity index (χ2n) is 8.33. The number of carbonyl (C=O) groups excluding carboxylic acids is 3. The quantitative estimate of drug-likeness (QED) is 0.337. The molecule has 11 nitrogen and oxygen atoms in total. The molecule has 12 heteroatoms. The first-order valence-corrected chi connectivity index (χ1v) is 10.7. The fourth-order valence-electron chi connectivity index (χ4n) is 5.35. The molecule has 2 saturated heterocycles. The molecule has 2 fully saturated rings. The monoisotopic (exact) mass is 490 g/mol. The van der Waals surface area contributed by atoms with Crippen LogP contribution in [-0.4, -0.2) is 81.6 Å². The number of piperazine rings is 1. The number of nitrogens with zero attached hydrogens (tertiary/aromatic N) is 2. The van der Waals surface area contributed by atoms with E-state index < -0.39 is 36.2 Å². The standard InChI is InChI=1S/C21H20ClN3O5.CH3NO2/c1-9-15(23)18(28)14-12(8-26)21(30-2)19-13(7-24(21)16(14)17(9)27)25(19)20(29)10-3-5-11(22)6-4-10;2-1(3)4/h3-6,12-13,19,26H,7-8,23H2,1-2H3;2H2,(H,3,4). The molecule has 0 aromatic heterocycles. The van der Waals surface area contributed by atoms with E-state index in [2.05, 4.69) is 5.73 Å². The Balaban J connectivity index is 0.000000636. The van der Waals surface area contributed by atoms with Gasteiger partial charge in [-0.05, 0) is 31.2 Å². The van der Waals surface area contributed by atoms with Gasteiger partial charge in [-0.1, -0.05) is 11.6 Å². The maximum absolute atomic E-state index is 13.1. The number of ether oxygens (including phenoxy) is 1. The smallest absolute Gasteiger partial charge is 0.402 e. The van der Waals surface area contributed by atoms with Gasteiger partial charge in [-0.15, -0.1) is 0 Å². The summed E-state index contributed by atoms with van der Waals surface area (Å²) in [6.07, 6.45) is -1.33. The summed E-state index contributed by atoms with van der Waals surface area (Å²) in [6, 6.07) is 6.00. The van der Waals surface area contributed by atoms with Crippen molar-refractivity contribution in [1.29, 1.82) is 0 Å². The molecule has 6 N–H and O–H groups in total. The molecule has 34 heavy (non-hydrogen) atoms. The number of methoxy groups -OCH3 is 1. The van der Waals surface area contributed by atoms with Gasteiger partial charge in [-0.2, -0.15) is 0 Å². The van der Waals surface area contributed by atoms with Crippen LogP contribution in [0, 0.1) is 5.92 Å². The maximum Gasteiger partial charge on any atom is 0.402 e. The molecule has 4 aliphatic rings. The molecule has 4 unspecified atom stereocenters. The number of nitrogens with two attached hydrogens (primary N) is 2. The molecule has 3 heterocycles. The van der Waals surface area contributed by atoms with Crippen molar-refractivity contribution in [3.8, 4) is 0 Å². The molecule has 0 radical (unpaired) electrons. The summed E-state index contributed by atoms with van der Waals surface area (Å²) in [5, 5.41) is 18.0. The van der Waals surface area contributed by atoms with Crippen molar-refractivity contribution in [3.63, 3.8) is 0 Å². The van der Waals surface area contributed by atoms with Crippen molar-refractivity contribution in [2.24, 2.45) is 17.4 Å². The number of rotatable bonds is 3. The SMILES string of the molecule is COC12C(CO)C3=C(C(=O)C(C)=C(N)C3=O)N1CC1C2N1C(=O)c1ccc(Cl)cc1.NC(=O)O. The average molecular weight is 491 g/mol. The largest absolute Gasteiger partial charge is 0.465 e. The summed E-state index contributed by atoms with van der Waals surface area (Å²) in [5.74, 6) is -1.78. The van der Waals surface area contributed by atoms with Gasteiger partial charge in [0.25, 0.3) is 5.91 Å². The van der Waals surface area contributed by atoms with Crippen LogP contribution in [0.5, 0.6) is 0 Å². The molecule has 0 spiro atoms. The van der Waals surface area contributed by atoms with E-state index in [1.54, 1.807) is 34.1 Å². The van der Waals surface area contributed by atoms with Crippen molar-refractivity contribution in [2.75, 3.05) is 20.3 Å². The van der Waals surface area contributed by atoms with Crippen LogP contribution in [0.15, 0.2) is 46.8 Å². The zero-order chi connectivity index (χ0) is 25.1. The number of primary amides is 1. The third kappa shape index (κ3) is 3.11. The number of hydrogen-bond donors (Lipinski definition) is 4. The van der Waals surface area contributed by atoms with Gasteiger partial charge in [0.2, 0.25) is 11.6 Å². The number of aliphatic hydroxyl groups excluding tert-OH is 1. The Morgan fingerprint density at radius 2 is 1.82 bits per heavy atom. The molecule has 0 bridgehead atoms. The number of carboxylic acid groups (broad SMARTS) is 1. The third-order valence-corrected chi connectivity index (χ3v) is 7.06. The zero-order valence-electron chi connectivity index (χ0n) is 18.3. The number of allylic oxidation sites excluding steroid dienone is 2. The van der Waals surface area contributed by atoms with E-state index in [-0.39, 0.29) is 40.3 Å². The summed E-state index contributed by atoms with van der Waals surface area (Å²) in [7, 11) is 1.47. The van der Waals surface area contributed by atoms with E-state index in [0.29, 0.717) is 17.1 Å². The second kappa shape index (κ2) is 8.12. The highest BCUT2D eigenvalue weighted by molar-refractivity contribution is 6.30. The van der Waals surface area contributed by atoms with Crippen LogP contribution in [-0.2, 0) is 14.3 Å². The maximum atomic E-state index is 13.1. The number of halogens is 1. The summed E-state index contributed by atoms with van der Waals surface area (Å²) in [6.45, 7) is 1.44. The molecule has 5 rings (SSSR count). The molecule has 1 aliphatic carbocycles. The van der Waals surface area contributed by atoms with Gasteiger partial charge in [0.15, 0.2) is 5.72 Å². The Labute approximate surface area is 199 Å². The van der Waals surface area contributed by atoms with Crippen LogP contribution in [0.2, 0.25) is 5.02 Å². The molecule has 4 atom stereocenters. The Kier molecular flexibility index (Phi) is 5.67. The van der Waals surface area contributed by atoms with E-state index in [1.165, 1.54) is 14.0 Å². The molecular formula is C22H23ClN4O7. The summed E-state index contributed by atoms with van der Waals surface area (Å²) in [5.41, 5.74) is 9.71. The predicted octanol–water partition coefficient (Wildman–Crippen LogP) is 0.0751. The molecule has 0 saturated carbocycles. The van der Waals surface area contributed by atoms with E-state index in [4.69, 9.17) is 32.0 Å². The van der Waals surface area contributed by atoms with Crippen LogP contribution < -0.4 is 11.5 Å². The Bertz CT molecular complexity index is 1150. The van der Waals surface area contributed by atoms with Crippen molar-refractivity contribution >= 4 is 35.2 Å². The lowest BCUT2D eigenvalue weighted by atomic mass is 9.82. The van der Waals surface area contributed by atoms with Crippen LogP contribution in [0.25, 0.3) is 0 Å². The third-order valence-electron chi connectivity index (χ3n) is 6.80. The molecule has 3 aliphatic heterocycles. The van der Waals surface area contributed by atoms with Crippen molar-refractivity contribution in [2.45, 2.75) is 24.7 Å². The van der Waals surface area contributed by atoms with Gasteiger partial charge in [0.05, 0.1) is 30.0 Å². The Hall–Kier alpha value is -3.41. The summed E-state index contributed by atoms with van der Waals surface area (Å²) < 4.78 is 5.92. The predicted molar refractivity (Wildman–Crippen MR) is 118 cm³/mol. The van der Waals surface area contributed by atoms with Gasteiger partial charge in [-0.3, -0.25) is 14.4 Å². The molecule has 180 valence electrons. The number of hydrogen-bond acceptors (Lipinski definition) is 8. The molecular weight excluding hydrogens is 468 g/mol. The fraction of sp³-hybridized carbons (Fsp3) is 0.364. The topological polar surface area (TPSA) is 176 Å². The minimum atomic E-state index is -1.33. The minimum absolute atomic E-state index is 0.105. The van der Waals surface area contributed by atoms with Crippen LogP contribution >= 0.6 is 11.6 Å². The van der Waals surface area contributed by atoms with Gasteiger partial charge in [0, 0.05) is 35.4 Å². The number of aliphatic hydroxyl groups is 1. The number of carbonyl (C=O) groups is 4. The van der Waals surface area contributed by atoms with Crippen LogP contribution in [0.4, 0.5) is 4.79 Å². The highest BCUT2D eigenvalue weighted by Crippen LogP contribution is 2.59. The van der Waals surface area contributed by atoms with Gasteiger partial charge >= 0.3 is 6.09 Å². The van der Waals surface area contributed by atoms with Gasteiger partial charge < -0.3 is 36.2 Å². The lowest BCUT2D eigenvalue weighted by Gasteiger charge is -2.40. The van der Waals surface area contributed by atoms with Gasteiger partial charge in [-0.25, -0.2) is 4.79 Å². The van der Waals surface area contributed by atoms with E-state index in [0.717, 1.165) is 0 Å². The Morgan fingerprint density at radius 3 is 2.35 bits per heavy atom. The van der Waals surface area contributed by atoms with Gasteiger partial charge in [0.1, 0.15) is 6.04 Å². The molecule has 1 aromatic carbocycles. The zero-order valence-corrected chi connectivity index (χ0v) is 19.1. The summed E-state index contributed by atoms with van der Waals surface area (Å²) in [4.78, 5) is 51.2. The first-order chi connectivity index (χ1) is 16.0. The number of Topliss-reactive ketones (excluding diaryl/α,β-unsaturated/α-hetero) is 2. The van der Waals surface area contributed by atoms with E-state index >= 15 is 0 Å². The number of fused-ring (bicyclic) bond motifs is 4. The molecule has 1 aromatic rings. The van der Waals surface area contributed by atoms with Crippen LogP contribution in [0.1, 0.15) is 17.3 Å². The molecule has 2 amide bonds. The highest BCUT2D eigenvalue weighted by Gasteiger charge is 2.77. The first kappa shape index (κ1) is 23.7. The van der Waals surface area contributed by atoms with E-state index in [1.807, 2.05) is 0 Å². The highest BCUT2D eigenvalue weighted by atomic mass is 35.5. The number of ketones is 2. The lowest BCUT2D eigenvalue weighted by molar-refractivity contribution is -0.143. The normalized spacial score (nSPS) is 28.9. The lowest BCUT2D eigenvalue weighted by Crippen LogP contribution is -2.55. The van der Waals surface area contributed by atoms with Crippen LogP contribution in [0.3, 0.4) is 0 Å². The Morgan fingerprint density at radius 1 is 1.24 bits per heavy atom. The summed E-state index contributed by atoms with van der Waals surface area (Å²) >= 11 is 5.92. The second-order valence-corrected chi connectivity index (χ2v) is 8.77. The van der Waals surface area contributed by atoms with Crippen molar-refractivity contribution in [3.05, 3.63) is 57.4 Å². The average Bonchev–Trinajstić information content (AvgIpc) is 3.29. The number of amides is 2. The first-order valence-electron chi connectivity index (χ1n) is 10.3. The number of benzene rings is 1. The van der Waals surface area contributed by atoms with E-state index in [9.17, 15) is 19.5 Å².